The molecule has 0 atom stereocenters. The predicted octanol–water partition coefficient (Wildman–Crippen LogP) is 4.68. The van der Waals surface area contributed by atoms with Crippen molar-refractivity contribution in [1.82, 2.24) is 4.98 Å². The van der Waals surface area contributed by atoms with Gasteiger partial charge in [0.2, 0.25) is 5.88 Å². The van der Waals surface area contributed by atoms with E-state index < -0.39 is 5.97 Å². The van der Waals surface area contributed by atoms with Gasteiger partial charge in [0, 0.05) is 28.4 Å². The van der Waals surface area contributed by atoms with E-state index in [2.05, 4.69) is 4.98 Å². The SMILES string of the molecule is O=C(O)c1ccc(-c2ccc(OCc3ccccc3)nc2)c(Cl)c1. The van der Waals surface area contributed by atoms with Crippen molar-refractivity contribution in [1.29, 1.82) is 0 Å². The summed E-state index contributed by atoms with van der Waals surface area (Å²) in [5, 5.41) is 9.34. The maximum absolute atomic E-state index is 10.9. The largest absolute Gasteiger partial charge is 0.478 e. The van der Waals surface area contributed by atoms with Crippen molar-refractivity contribution in [3.05, 3.63) is 83.0 Å². The van der Waals surface area contributed by atoms with Crippen LogP contribution in [0.1, 0.15) is 15.9 Å². The lowest BCUT2D eigenvalue weighted by Crippen LogP contribution is -1.97. The topological polar surface area (TPSA) is 59.4 Å². The molecule has 0 aliphatic heterocycles. The van der Waals surface area contributed by atoms with Gasteiger partial charge in [-0.2, -0.15) is 0 Å². The van der Waals surface area contributed by atoms with Crippen LogP contribution >= 0.6 is 11.6 Å². The molecule has 0 fully saturated rings. The fourth-order valence-electron chi connectivity index (χ4n) is 2.24. The van der Waals surface area contributed by atoms with Crippen LogP contribution in [0, 0.1) is 0 Å². The normalized spacial score (nSPS) is 10.4. The molecule has 1 aromatic heterocycles. The van der Waals surface area contributed by atoms with Crippen molar-refractivity contribution < 1.29 is 14.6 Å². The van der Waals surface area contributed by atoms with Gasteiger partial charge in [0.1, 0.15) is 6.61 Å². The number of aromatic carboxylic acids is 1. The highest BCUT2D eigenvalue weighted by Crippen LogP contribution is 2.29. The smallest absolute Gasteiger partial charge is 0.335 e. The quantitative estimate of drug-likeness (QED) is 0.733. The molecule has 2 aromatic carbocycles. The second kappa shape index (κ2) is 7.15. The van der Waals surface area contributed by atoms with Crippen molar-refractivity contribution in [2.24, 2.45) is 0 Å². The zero-order valence-corrected chi connectivity index (χ0v) is 13.4. The first-order valence-corrected chi connectivity index (χ1v) is 7.67. The molecule has 0 spiro atoms. The Morgan fingerprint density at radius 1 is 1.08 bits per heavy atom. The van der Waals surface area contributed by atoms with E-state index in [1.165, 1.54) is 12.1 Å². The van der Waals surface area contributed by atoms with Gasteiger partial charge in [0.25, 0.3) is 0 Å². The van der Waals surface area contributed by atoms with E-state index in [4.69, 9.17) is 21.4 Å². The van der Waals surface area contributed by atoms with Crippen LogP contribution < -0.4 is 4.74 Å². The van der Waals surface area contributed by atoms with Gasteiger partial charge in [-0.3, -0.25) is 0 Å². The summed E-state index contributed by atoms with van der Waals surface area (Å²) in [5.41, 5.74) is 2.74. The van der Waals surface area contributed by atoms with Crippen LogP contribution in [0.2, 0.25) is 5.02 Å². The minimum Gasteiger partial charge on any atom is -0.478 e. The third-order valence-corrected chi connectivity index (χ3v) is 3.81. The number of hydrogen-bond donors (Lipinski definition) is 1. The number of carboxylic acid groups (broad SMARTS) is 1. The highest BCUT2D eigenvalue weighted by molar-refractivity contribution is 6.33. The minimum atomic E-state index is -1.01. The number of halogens is 1. The highest BCUT2D eigenvalue weighted by atomic mass is 35.5. The summed E-state index contributed by atoms with van der Waals surface area (Å²) in [4.78, 5) is 15.2. The van der Waals surface area contributed by atoms with Gasteiger partial charge < -0.3 is 9.84 Å². The molecule has 1 N–H and O–H groups in total. The molecule has 120 valence electrons. The van der Waals surface area contributed by atoms with Crippen molar-refractivity contribution in [2.75, 3.05) is 0 Å². The lowest BCUT2D eigenvalue weighted by Gasteiger charge is -2.08. The summed E-state index contributed by atoms with van der Waals surface area (Å²) in [6, 6.07) is 18.1. The van der Waals surface area contributed by atoms with Crippen LogP contribution in [0.4, 0.5) is 0 Å². The number of ether oxygens (including phenoxy) is 1. The summed E-state index contributed by atoms with van der Waals surface area (Å²) in [6.07, 6.45) is 1.65. The maximum Gasteiger partial charge on any atom is 0.335 e. The third kappa shape index (κ3) is 3.73. The average Bonchev–Trinajstić information content (AvgIpc) is 2.61. The first-order chi connectivity index (χ1) is 11.6. The molecule has 0 saturated carbocycles. The lowest BCUT2D eigenvalue weighted by atomic mass is 10.1. The summed E-state index contributed by atoms with van der Waals surface area (Å²) in [5.74, 6) is -0.493. The standard InChI is InChI=1S/C19H14ClNO3/c20-17-10-14(19(22)23)6-8-16(17)15-7-9-18(21-11-15)24-12-13-4-2-1-3-5-13/h1-11H,12H2,(H,22,23). The fraction of sp³-hybridized carbons (Fsp3) is 0.0526. The molecular weight excluding hydrogens is 326 g/mol. The fourth-order valence-corrected chi connectivity index (χ4v) is 2.53. The Morgan fingerprint density at radius 2 is 1.88 bits per heavy atom. The molecule has 0 aliphatic rings. The Balaban J connectivity index is 1.73. The van der Waals surface area contributed by atoms with E-state index in [1.807, 2.05) is 36.4 Å². The van der Waals surface area contributed by atoms with Crippen LogP contribution in [-0.2, 0) is 6.61 Å². The second-order valence-corrected chi connectivity index (χ2v) is 5.57. The maximum atomic E-state index is 10.9. The molecule has 0 amide bonds. The van der Waals surface area contributed by atoms with Crippen molar-refractivity contribution in [2.45, 2.75) is 6.61 Å². The van der Waals surface area contributed by atoms with Gasteiger partial charge >= 0.3 is 5.97 Å². The Bertz CT molecular complexity index is 848. The Morgan fingerprint density at radius 3 is 2.50 bits per heavy atom. The molecule has 5 heteroatoms. The number of carboxylic acids is 1. The summed E-state index contributed by atoms with van der Waals surface area (Å²) >= 11 is 6.17. The van der Waals surface area contributed by atoms with Crippen LogP contribution in [-0.4, -0.2) is 16.1 Å². The van der Waals surface area contributed by atoms with Gasteiger partial charge in [-0.05, 0) is 23.8 Å². The third-order valence-electron chi connectivity index (χ3n) is 3.49. The molecule has 0 saturated heterocycles. The molecule has 0 unspecified atom stereocenters. The zero-order chi connectivity index (χ0) is 16.9. The van der Waals surface area contributed by atoms with E-state index in [-0.39, 0.29) is 5.56 Å². The highest BCUT2D eigenvalue weighted by Gasteiger charge is 2.09. The molecule has 24 heavy (non-hydrogen) atoms. The van der Waals surface area contributed by atoms with Crippen LogP contribution in [0.5, 0.6) is 5.88 Å². The predicted molar refractivity (Wildman–Crippen MR) is 92.4 cm³/mol. The number of hydrogen-bond acceptors (Lipinski definition) is 3. The zero-order valence-electron chi connectivity index (χ0n) is 12.6. The number of nitrogens with zero attached hydrogens (tertiary/aromatic N) is 1. The first-order valence-electron chi connectivity index (χ1n) is 7.29. The van der Waals surface area contributed by atoms with Gasteiger partial charge in [-0.1, -0.05) is 48.0 Å². The monoisotopic (exact) mass is 339 g/mol. The van der Waals surface area contributed by atoms with Crippen LogP contribution in [0.25, 0.3) is 11.1 Å². The Kier molecular flexibility index (Phi) is 4.77. The van der Waals surface area contributed by atoms with Crippen LogP contribution in [0.3, 0.4) is 0 Å². The molecule has 4 nitrogen and oxygen atoms in total. The number of benzene rings is 2. The van der Waals surface area contributed by atoms with E-state index in [1.54, 1.807) is 18.3 Å². The number of aromatic nitrogens is 1. The summed E-state index contributed by atoms with van der Waals surface area (Å²) in [7, 11) is 0. The van der Waals surface area contributed by atoms with Crippen molar-refractivity contribution >= 4 is 17.6 Å². The average molecular weight is 340 g/mol. The number of rotatable bonds is 5. The van der Waals surface area contributed by atoms with Gasteiger partial charge in [-0.25, -0.2) is 9.78 Å². The van der Waals surface area contributed by atoms with Gasteiger partial charge in [0.15, 0.2) is 0 Å². The van der Waals surface area contributed by atoms with E-state index >= 15 is 0 Å². The molecule has 0 radical (unpaired) electrons. The number of carbonyl (C=O) groups is 1. The second-order valence-electron chi connectivity index (χ2n) is 5.16. The molecule has 3 aromatic rings. The minimum absolute atomic E-state index is 0.152. The van der Waals surface area contributed by atoms with Gasteiger partial charge in [0.05, 0.1) is 5.56 Å². The first kappa shape index (κ1) is 16.0. The Labute approximate surface area is 144 Å². The lowest BCUT2D eigenvalue weighted by molar-refractivity contribution is 0.0697. The number of pyridine rings is 1. The molecule has 3 rings (SSSR count). The summed E-state index contributed by atoms with van der Waals surface area (Å²) in [6.45, 7) is 0.446. The molecule has 0 bridgehead atoms. The van der Waals surface area contributed by atoms with Crippen molar-refractivity contribution in [3.63, 3.8) is 0 Å². The molecule has 1 heterocycles. The van der Waals surface area contributed by atoms with E-state index in [0.29, 0.717) is 17.5 Å². The van der Waals surface area contributed by atoms with E-state index in [9.17, 15) is 4.79 Å². The Hall–Kier alpha value is -2.85. The van der Waals surface area contributed by atoms with Gasteiger partial charge in [-0.15, -0.1) is 0 Å². The summed E-state index contributed by atoms with van der Waals surface area (Å²) < 4.78 is 5.64. The molecule has 0 aliphatic carbocycles. The van der Waals surface area contributed by atoms with Crippen LogP contribution in [0.15, 0.2) is 66.9 Å². The molecular formula is C19H14ClNO3. The van der Waals surface area contributed by atoms with Crippen molar-refractivity contribution in [3.8, 4) is 17.0 Å². The van der Waals surface area contributed by atoms with E-state index in [0.717, 1.165) is 16.7 Å².